The van der Waals surface area contributed by atoms with Gasteiger partial charge in [-0.3, -0.25) is 24.4 Å². The quantitative estimate of drug-likeness (QED) is 0.613. The summed E-state index contributed by atoms with van der Waals surface area (Å²) in [7, 11) is 0. The first-order valence-electron chi connectivity index (χ1n) is 7.01. The first kappa shape index (κ1) is 17.1. The maximum Gasteiger partial charge on any atom is 0.313 e. The number of amides is 1. The first-order valence-corrected chi connectivity index (χ1v) is 7.01. The molecule has 1 aromatic heterocycles. The minimum Gasteiger partial charge on any atom is -0.481 e. The number of hydrogen-bond acceptors (Lipinski definition) is 5. The van der Waals surface area contributed by atoms with E-state index in [-0.39, 0.29) is 12.2 Å². The molecule has 0 atom stereocenters. The minimum atomic E-state index is -1.03. The Morgan fingerprint density at radius 2 is 1.96 bits per heavy atom. The fourth-order valence-electron chi connectivity index (χ4n) is 1.97. The van der Waals surface area contributed by atoms with E-state index >= 15 is 0 Å². The molecule has 1 amide bonds. The average molecular weight is 332 g/mol. The van der Waals surface area contributed by atoms with Crippen molar-refractivity contribution < 1.29 is 19.6 Å². The van der Waals surface area contributed by atoms with Gasteiger partial charge in [0.15, 0.2) is 0 Å². The Hall–Kier alpha value is -3.23. The number of carbonyl (C=O) groups is 2. The van der Waals surface area contributed by atoms with Gasteiger partial charge in [0.05, 0.1) is 10.3 Å². The second kappa shape index (κ2) is 6.49. The molecule has 0 aliphatic rings. The number of rotatable bonds is 6. The van der Waals surface area contributed by atoms with Crippen molar-refractivity contribution in [1.82, 2.24) is 9.78 Å². The number of carboxylic acids is 1. The van der Waals surface area contributed by atoms with Crippen LogP contribution in [0, 0.1) is 10.1 Å². The van der Waals surface area contributed by atoms with Crippen LogP contribution in [0.3, 0.4) is 0 Å². The van der Waals surface area contributed by atoms with Crippen molar-refractivity contribution in [1.29, 1.82) is 0 Å². The lowest BCUT2D eigenvalue weighted by Crippen LogP contribution is -2.28. The molecule has 1 aromatic carbocycles. The van der Waals surface area contributed by atoms with Gasteiger partial charge in [-0.25, -0.2) is 0 Å². The molecule has 0 aliphatic heterocycles. The maximum absolute atomic E-state index is 11.9. The van der Waals surface area contributed by atoms with Gasteiger partial charge in [-0.2, -0.15) is 5.10 Å². The molecule has 2 N–H and O–H groups in total. The van der Waals surface area contributed by atoms with E-state index in [2.05, 4.69) is 10.4 Å². The molecule has 0 spiro atoms. The number of aromatic nitrogens is 2. The van der Waals surface area contributed by atoms with Crippen molar-refractivity contribution in [2.45, 2.75) is 25.8 Å². The predicted octanol–water partition coefficient (Wildman–Crippen LogP) is 1.79. The summed E-state index contributed by atoms with van der Waals surface area (Å²) in [4.78, 5) is 33.1. The Morgan fingerprint density at radius 1 is 1.33 bits per heavy atom. The van der Waals surface area contributed by atoms with Crippen LogP contribution in [-0.2, 0) is 21.5 Å². The van der Waals surface area contributed by atoms with Crippen LogP contribution >= 0.6 is 0 Å². The predicted molar refractivity (Wildman–Crippen MR) is 84.6 cm³/mol. The smallest absolute Gasteiger partial charge is 0.313 e. The first-order chi connectivity index (χ1) is 11.2. The third-order valence-corrected chi connectivity index (χ3v) is 3.56. The number of nitrogens with zero attached hydrogens (tertiary/aromatic N) is 3. The topological polar surface area (TPSA) is 127 Å². The van der Waals surface area contributed by atoms with Gasteiger partial charge in [-0.1, -0.05) is 12.1 Å². The highest BCUT2D eigenvalue weighted by Gasteiger charge is 2.29. The van der Waals surface area contributed by atoms with Gasteiger partial charge >= 0.3 is 11.7 Å². The molecule has 0 radical (unpaired) electrons. The van der Waals surface area contributed by atoms with Crippen LogP contribution in [0.5, 0.6) is 0 Å². The monoisotopic (exact) mass is 332 g/mol. The van der Waals surface area contributed by atoms with Crippen molar-refractivity contribution in [3.63, 3.8) is 0 Å². The zero-order valence-electron chi connectivity index (χ0n) is 13.1. The Labute approximate surface area is 137 Å². The molecular formula is C15H16N4O5. The molecule has 0 saturated carbocycles. The van der Waals surface area contributed by atoms with Crippen molar-refractivity contribution in [3.05, 3.63) is 52.3 Å². The van der Waals surface area contributed by atoms with E-state index in [9.17, 15) is 24.8 Å². The second-order valence-corrected chi connectivity index (χ2v) is 5.71. The fourth-order valence-corrected chi connectivity index (χ4v) is 1.97. The van der Waals surface area contributed by atoms with Crippen LogP contribution in [0.4, 0.5) is 11.4 Å². The average Bonchev–Trinajstić information content (AvgIpc) is 2.96. The highest BCUT2D eigenvalue weighted by atomic mass is 16.6. The SMILES string of the molecule is CC(C)(C(=O)O)c1ccc(NC(=O)Cn2cc([N+](=O)[O-])cn2)cc1. The molecule has 9 nitrogen and oxygen atoms in total. The largest absolute Gasteiger partial charge is 0.481 e. The highest BCUT2D eigenvalue weighted by Crippen LogP contribution is 2.24. The maximum atomic E-state index is 11.9. The van der Waals surface area contributed by atoms with Gasteiger partial charge in [0.2, 0.25) is 5.91 Å². The van der Waals surface area contributed by atoms with E-state index in [1.807, 2.05) is 0 Å². The number of anilines is 1. The molecule has 1 heterocycles. The molecule has 0 aliphatic carbocycles. The molecule has 9 heteroatoms. The van der Waals surface area contributed by atoms with Gasteiger partial charge < -0.3 is 10.4 Å². The van der Waals surface area contributed by atoms with Gasteiger partial charge in [0.1, 0.15) is 18.9 Å². The van der Waals surface area contributed by atoms with E-state index in [1.54, 1.807) is 38.1 Å². The van der Waals surface area contributed by atoms with Gasteiger partial charge in [-0.05, 0) is 31.5 Å². The highest BCUT2D eigenvalue weighted by molar-refractivity contribution is 5.90. The fraction of sp³-hybridized carbons (Fsp3) is 0.267. The minimum absolute atomic E-state index is 0.170. The lowest BCUT2D eigenvalue weighted by molar-refractivity contribution is -0.385. The van der Waals surface area contributed by atoms with Crippen LogP contribution in [0.1, 0.15) is 19.4 Å². The van der Waals surface area contributed by atoms with E-state index < -0.39 is 22.2 Å². The van der Waals surface area contributed by atoms with Crippen LogP contribution in [0.2, 0.25) is 0 Å². The van der Waals surface area contributed by atoms with Crippen LogP contribution < -0.4 is 5.32 Å². The standard InChI is InChI=1S/C15H16N4O5/c1-15(2,14(21)22)10-3-5-11(6-4-10)17-13(20)9-18-8-12(7-16-18)19(23)24/h3-8H,9H2,1-2H3,(H,17,20)(H,21,22). The third-order valence-electron chi connectivity index (χ3n) is 3.56. The molecule has 2 aromatic rings. The molecule has 0 unspecified atom stereocenters. The van der Waals surface area contributed by atoms with Gasteiger partial charge in [0, 0.05) is 5.69 Å². The molecule has 24 heavy (non-hydrogen) atoms. The van der Waals surface area contributed by atoms with Gasteiger partial charge in [0.25, 0.3) is 0 Å². The van der Waals surface area contributed by atoms with Crippen molar-refractivity contribution in [2.75, 3.05) is 5.32 Å². The van der Waals surface area contributed by atoms with Crippen LogP contribution in [-0.4, -0.2) is 31.7 Å². The third kappa shape index (κ3) is 3.75. The number of nitro groups is 1. The summed E-state index contributed by atoms with van der Waals surface area (Å²) in [6.45, 7) is 3.01. The summed E-state index contributed by atoms with van der Waals surface area (Å²) in [6, 6.07) is 6.46. The molecule has 126 valence electrons. The summed E-state index contributed by atoms with van der Waals surface area (Å²) < 4.78 is 1.16. The molecule has 2 rings (SSSR count). The summed E-state index contributed by atoms with van der Waals surface area (Å²) in [5.41, 5.74) is -0.123. The van der Waals surface area contributed by atoms with Gasteiger partial charge in [-0.15, -0.1) is 0 Å². The molecule has 0 fully saturated rings. The second-order valence-electron chi connectivity index (χ2n) is 5.71. The lowest BCUT2D eigenvalue weighted by Gasteiger charge is -2.19. The van der Waals surface area contributed by atoms with Crippen molar-refractivity contribution in [2.24, 2.45) is 0 Å². The number of nitrogens with one attached hydrogen (secondary N) is 1. The van der Waals surface area contributed by atoms with Crippen LogP contribution in [0.25, 0.3) is 0 Å². The summed E-state index contributed by atoms with van der Waals surface area (Å²) in [6.07, 6.45) is 2.23. The zero-order chi connectivity index (χ0) is 17.9. The normalized spacial score (nSPS) is 11.1. The number of carbonyl (C=O) groups excluding carboxylic acids is 1. The van der Waals surface area contributed by atoms with E-state index in [0.717, 1.165) is 17.1 Å². The number of hydrogen-bond donors (Lipinski definition) is 2. The Bertz CT molecular complexity index is 779. The molecule has 0 bridgehead atoms. The summed E-state index contributed by atoms with van der Waals surface area (Å²) in [5.74, 6) is -1.35. The zero-order valence-corrected chi connectivity index (χ0v) is 13.1. The molecule has 0 saturated heterocycles. The Balaban J connectivity index is 2.01. The Kier molecular flexibility index (Phi) is 4.63. The summed E-state index contributed by atoms with van der Waals surface area (Å²) in [5, 5.41) is 26.1. The lowest BCUT2D eigenvalue weighted by atomic mass is 9.85. The van der Waals surface area contributed by atoms with E-state index in [4.69, 9.17) is 0 Å². The number of benzene rings is 1. The Morgan fingerprint density at radius 3 is 2.46 bits per heavy atom. The number of aliphatic carboxylic acids is 1. The number of carboxylic acid groups (broad SMARTS) is 1. The van der Waals surface area contributed by atoms with E-state index in [0.29, 0.717) is 11.3 Å². The van der Waals surface area contributed by atoms with E-state index in [1.165, 1.54) is 0 Å². The summed E-state index contributed by atoms with van der Waals surface area (Å²) >= 11 is 0. The van der Waals surface area contributed by atoms with Crippen molar-refractivity contribution >= 4 is 23.3 Å². The van der Waals surface area contributed by atoms with Crippen LogP contribution in [0.15, 0.2) is 36.7 Å². The molecular weight excluding hydrogens is 316 g/mol. The van der Waals surface area contributed by atoms with Crippen molar-refractivity contribution in [3.8, 4) is 0 Å².